The van der Waals surface area contributed by atoms with Crippen molar-refractivity contribution in [2.24, 2.45) is 5.92 Å². The van der Waals surface area contributed by atoms with Crippen LogP contribution in [0.5, 0.6) is 0 Å². The van der Waals surface area contributed by atoms with E-state index in [1.54, 1.807) is 19.9 Å². The van der Waals surface area contributed by atoms with Gasteiger partial charge in [0.2, 0.25) is 5.91 Å². The second-order valence-corrected chi connectivity index (χ2v) is 6.31. The summed E-state index contributed by atoms with van der Waals surface area (Å²) in [5.41, 5.74) is 0.110. The van der Waals surface area contributed by atoms with Gasteiger partial charge in [-0.05, 0) is 50.3 Å². The topological polar surface area (TPSA) is 78.5 Å². The molecule has 0 bridgehead atoms. The quantitative estimate of drug-likeness (QED) is 0.831. The molecule has 0 unspecified atom stereocenters. The number of urea groups is 1. The van der Waals surface area contributed by atoms with Crippen LogP contribution in [0, 0.1) is 18.7 Å². The molecule has 0 radical (unpaired) electrons. The molecule has 0 aromatic heterocycles. The summed E-state index contributed by atoms with van der Waals surface area (Å²) in [7, 11) is 0. The minimum atomic E-state index is -0.911. The lowest BCUT2D eigenvalue weighted by atomic mass is 9.96. The van der Waals surface area contributed by atoms with Gasteiger partial charge in [0.15, 0.2) is 0 Å². The third kappa shape index (κ3) is 2.78. The second-order valence-electron chi connectivity index (χ2n) is 6.31. The molecule has 1 saturated carbocycles. The van der Waals surface area contributed by atoms with Gasteiger partial charge < -0.3 is 10.6 Å². The maximum atomic E-state index is 13.2. The summed E-state index contributed by atoms with van der Waals surface area (Å²) in [6.07, 6.45) is 1.79. The Bertz CT molecular complexity index is 702. The Morgan fingerprint density at radius 2 is 2.13 bits per heavy atom. The van der Waals surface area contributed by atoms with E-state index >= 15 is 0 Å². The first kappa shape index (κ1) is 15.5. The zero-order valence-corrected chi connectivity index (χ0v) is 13.0. The number of aryl methyl sites for hydroxylation is 1. The van der Waals surface area contributed by atoms with Gasteiger partial charge in [-0.3, -0.25) is 14.5 Å². The summed E-state index contributed by atoms with van der Waals surface area (Å²) in [4.78, 5) is 37.5. The molecule has 1 heterocycles. The predicted molar refractivity (Wildman–Crippen MR) is 81.1 cm³/mol. The zero-order valence-electron chi connectivity index (χ0n) is 13.0. The highest BCUT2D eigenvalue weighted by molar-refractivity contribution is 6.10. The summed E-state index contributed by atoms with van der Waals surface area (Å²) in [6, 6.07) is 3.48. The molecular weight excluding hydrogens is 301 g/mol. The highest BCUT2D eigenvalue weighted by atomic mass is 19.1. The van der Waals surface area contributed by atoms with Crippen molar-refractivity contribution in [2.45, 2.75) is 32.2 Å². The normalized spacial score (nSPS) is 23.9. The van der Waals surface area contributed by atoms with Crippen molar-refractivity contribution in [1.82, 2.24) is 10.2 Å². The standard InChI is InChI=1S/C16H18FN3O3/c1-9-3-6-11(17)7-12(9)18-13(21)8-20-14(22)16(2,10-4-5-10)19-15(20)23/h3,6-7,10H,4-5,8H2,1-2H3,(H,18,21)(H,19,23)/t16-/m0/s1. The number of carbonyl (C=O) groups is 3. The van der Waals surface area contributed by atoms with Crippen LogP contribution in [-0.4, -0.2) is 34.8 Å². The average Bonchev–Trinajstić information content (AvgIpc) is 3.29. The zero-order chi connectivity index (χ0) is 16.8. The number of nitrogens with one attached hydrogen (secondary N) is 2. The number of rotatable bonds is 4. The van der Waals surface area contributed by atoms with Gasteiger partial charge in [-0.2, -0.15) is 0 Å². The minimum absolute atomic E-state index is 0.137. The number of nitrogens with zero attached hydrogens (tertiary/aromatic N) is 1. The van der Waals surface area contributed by atoms with Crippen molar-refractivity contribution in [3.05, 3.63) is 29.6 Å². The van der Waals surface area contributed by atoms with Crippen LogP contribution < -0.4 is 10.6 Å². The van der Waals surface area contributed by atoms with Gasteiger partial charge in [-0.1, -0.05) is 6.07 Å². The van der Waals surface area contributed by atoms with Crippen molar-refractivity contribution in [1.29, 1.82) is 0 Å². The lowest BCUT2D eigenvalue weighted by Crippen LogP contribution is -2.46. The third-order valence-corrected chi connectivity index (χ3v) is 4.47. The summed E-state index contributed by atoms with van der Waals surface area (Å²) in [5, 5.41) is 5.22. The van der Waals surface area contributed by atoms with Gasteiger partial charge in [0, 0.05) is 5.69 Å². The number of benzene rings is 1. The van der Waals surface area contributed by atoms with Gasteiger partial charge in [0.1, 0.15) is 17.9 Å². The molecule has 1 aromatic rings. The fourth-order valence-electron chi connectivity index (χ4n) is 2.86. The molecule has 4 amide bonds. The van der Waals surface area contributed by atoms with Gasteiger partial charge >= 0.3 is 6.03 Å². The molecule has 122 valence electrons. The van der Waals surface area contributed by atoms with Crippen LogP contribution >= 0.6 is 0 Å². The fourth-order valence-corrected chi connectivity index (χ4v) is 2.86. The SMILES string of the molecule is Cc1ccc(F)cc1NC(=O)CN1C(=O)N[C@@](C)(C2CC2)C1=O. The molecule has 1 aliphatic carbocycles. The third-order valence-electron chi connectivity index (χ3n) is 4.47. The van der Waals surface area contributed by atoms with Gasteiger partial charge in [0.05, 0.1) is 0 Å². The first-order valence-corrected chi connectivity index (χ1v) is 7.51. The summed E-state index contributed by atoms with van der Waals surface area (Å²) in [5.74, 6) is -1.25. The molecule has 23 heavy (non-hydrogen) atoms. The van der Waals surface area contributed by atoms with Gasteiger partial charge in [-0.15, -0.1) is 0 Å². The maximum absolute atomic E-state index is 13.2. The molecule has 2 fully saturated rings. The van der Waals surface area contributed by atoms with Crippen LogP contribution in [0.3, 0.4) is 0 Å². The molecule has 1 saturated heterocycles. The Balaban J connectivity index is 1.69. The Kier molecular flexibility index (Phi) is 3.58. The van der Waals surface area contributed by atoms with Gasteiger partial charge in [0.25, 0.3) is 5.91 Å². The minimum Gasteiger partial charge on any atom is -0.324 e. The van der Waals surface area contributed by atoms with E-state index in [1.807, 2.05) is 0 Å². The maximum Gasteiger partial charge on any atom is 0.325 e. The Morgan fingerprint density at radius 3 is 2.78 bits per heavy atom. The van der Waals surface area contributed by atoms with Crippen LogP contribution in [0.2, 0.25) is 0 Å². The number of imide groups is 1. The average molecular weight is 319 g/mol. The van der Waals surface area contributed by atoms with Gasteiger partial charge in [-0.25, -0.2) is 9.18 Å². The van der Waals surface area contributed by atoms with E-state index in [0.717, 1.165) is 17.7 Å². The van der Waals surface area contributed by atoms with Crippen LogP contribution in [0.25, 0.3) is 0 Å². The molecule has 1 aromatic carbocycles. The van der Waals surface area contributed by atoms with E-state index < -0.39 is 23.3 Å². The molecule has 2 aliphatic rings. The first-order valence-electron chi connectivity index (χ1n) is 7.51. The van der Waals surface area contributed by atoms with Crippen molar-refractivity contribution >= 4 is 23.5 Å². The lowest BCUT2D eigenvalue weighted by Gasteiger charge is -2.20. The Morgan fingerprint density at radius 1 is 1.43 bits per heavy atom. The van der Waals surface area contributed by atoms with Crippen LogP contribution in [0.1, 0.15) is 25.3 Å². The largest absolute Gasteiger partial charge is 0.325 e. The smallest absolute Gasteiger partial charge is 0.324 e. The predicted octanol–water partition coefficient (Wildman–Crippen LogP) is 1.79. The highest BCUT2D eigenvalue weighted by Crippen LogP contribution is 2.42. The lowest BCUT2D eigenvalue weighted by molar-refractivity contribution is -0.134. The second kappa shape index (κ2) is 5.33. The molecule has 1 atom stereocenters. The van der Waals surface area contributed by atoms with Crippen LogP contribution in [0.4, 0.5) is 14.9 Å². The van der Waals surface area contributed by atoms with E-state index in [2.05, 4.69) is 10.6 Å². The van der Waals surface area contributed by atoms with Crippen LogP contribution in [0.15, 0.2) is 18.2 Å². The number of anilines is 1. The molecule has 2 N–H and O–H groups in total. The van der Waals surface area contributed by atoms with E-state index in [0.29, 0.717) is 11.3 Å². The van der Waals surface area contributed by atoms with Crippen molar-refractivity contribution in [3.8, 4) is 0 Å². The number of amides is 4. The summed E-state index contributed by atoms with van der Waals surface area (Å²) < 4.78 is 13.2. The number of carbonyl (C=O) groups excluding carboxylic acids is 3. The number of halogens is 1. The monoisotopic (exact) mass is 319 g/mol. The molecule has 3 rings (SSSR count). The summed E-state index contributed by atoms with van der Waals surface area (Å²) in [6.45, 7) is 3.04. The fraction of sp³-hybridized carbons (Fsp3) is 0.438. The molecule has 1 aliphatic heterocycles. The van der Waals surface area contributed by atoms with E-state index in [1.165, 1.54) is 12.1 Å². The molecular formula is C16H18FN3O3. The number of hydrogen-bond acceptors (Lipinski definition) is 3. The Labute approximate surface area is 133 Å². The van der Waals surface area contributed by atoms with E-state index in [9.17, 15) is 18.8 Å². The Hall–Kier alpha value is -2.44. The summed E-state index contributed by atoms with van der Waals surface area (Å²) >= 11 is 0. The number of hydrogen-bond donors (Lipinski definition) is 2. The first-order chi connectivity index (χ1) is 10.8. The van der Waals surface area contributed by atoms with Crippen LogP contribution in [-0.2, 0) is 9.59 Å². The van der Waals surface area contributed by atoms with Crippen molar-refractivity contribution in [2.75, 3.05) is 11.9 Å². The highest BCUT2D eigenvalue weighted by Gasteiger charge is 2.56. The van der Waals surface area contributed by atoms with Crippen molar-refractivity contribution in [3.63, 3.8) is 0 Å². The molecule has 0 spiro atoms. The van der Waals surface area contributed by atoms with E-state index in [4.69, 9.17) is 0 Å². The van der Waals surface area contributed by atoms with E-state index in [-0.39, 0.29) is 18.4 Å². The molecule has 7 heteroatoms. The van der Waals surface area contributed by atoms with Crippen molar-refractivity contribution < 1.29 is 18.8 Å². The molecule has 6 nitrogen and oxygen atoms in total.